The molecule has 0 aliphatic heterocycles. The zero-order chi connectivity index (χ0) is 9.12. The molecule has 0 aromatic rings. The van der Waals surface area contributed by atoms with Crippen molar-refractivity contribution in [3.8, 4) is 0 Å². The molecule has 0 spiro atoms. The molecule has 2 nitrogen and oxygen atoms in total. The number of hydrogen-bond donors (Lipinski definition) is 2. The van der Waals surface area contributed by atoms with Gasteiger partial charge in [0.2, 0.25) is 0 Å². The fraction of sp³-hybridized carbons (Fsp3) is 1.00. The van der Waals surface area contributed by atoms with Gasteiger partial charge in [-0.1, -0.05) is 0 Å². The van der Waals surface area contributed by atoms with Gasteiger partial charge in [0.15, 0.2) is 0 Å². The van der Waals surface area contributed by atoms with Crippen LogP contribution in [0.1, 0.15) is 41.5 Å². The van der Waals surface area contributed by atoms with Gasteiger partial charge in [0, 0.05) is 0 Å². The minimum atomic E-state index is -0.181. The molecular formula is C8H20N2Ti. The monoisotopic (exact) mass is 192 g/mol. The van der Waals surface area contributed by atoms with Crippen LogP contribution < -0.4 is 7.60 Å². The summed E-state index contributed by atoms with van der Waals surface area (Å²) in [6.07, 6.45) is 0. The predicted molar refractivity (Wildman–Crippen MR) is 45.8 cm³/mol. The Bertz CT molecular complexity index is 96.2. The second-order valence-corrected chi connectivity index (χ2v) is 6.05. The van der Waals surface area contributed by atoms with Gasteiger partial charge in [-0.2, -0.15) is 0 Å². The van der Waals surface area contributed by atoms with Gasteiger partial charge in [-0.25, -0.2) is 0 Å². The van der Waals surface area contributed by atoms with Crippen molar-refractivity contribution < 1.29 is 19.7 Å². The van der Waals surface area contributed by atoms with Crippen molar-refractivity contribution in [2.24, 2.45) is 0 Å². The first-order chi connectivity index (χ1) is 4.71. The second-order valence-electron chi connectivity index (χ2n) is 4.88. The molecule has 0 fully saturated rings. The quantitative estimate of drug-likeness (QED) is 0.650. The Morgan fingerprint density at radius 3 is 1.18 bits per heavy atom. The molecule has 0 saturated carbocycles. The first-order valence-corrected chi connectivity index (χ1v) is 5.56. The Morgan fingerprint density at radius 1 is 0.727 bits per heavy atom. The molecule has 0 atom stereocenters. The Hall–Kier alpha value is 0.634. The van der Waals surface area contributed by atoms with Gasteiger partial charge in [-0.15, -0.1) is 0 Å². The molecule has 0 bridgehead atoms. The normalized spacial score (nSPS) is 13.3. The van der Waals surface area contributed by atoms with E-state index in [1.165, 1.54) is 0 Å². The van der Waals surface area contributed by atoms with E-state index in [4.69, 9.17) is 0 Å². The van der Waals surface area contributed by atoms with Gasteiger partial charge in [0.25, 0.3) is 0 Å². The molecule has 0 aromatic heterocycles. The van der Waals surface area contributed by atoms with Crippen LogP contribution in [0.15, 0.2) is 0 Å². The summed E-state index contributed by atoms with van der Waals surface area (Å²) in [5, 5.41) is 0. The van der Waals surface area contributed by atoms with Crippen LogP contribution in [0.5, 0.6) is 0 Å². The van der Waals surface area contributed by atoms with Gasteiger partial charge in [-0.3, -0.25) is 0 Å². The minimum absolute atomic E-state index is 0.181. The molecule has 0 heterocycles. The summed E-state index contributed by atoms with van der Waals surface area (Å²) in [6, 6.07) is 0. The van der Waals surface area contributed by atoms with Crippen LogP contribution in [0, 0.1) is 0 Å². The third-order valence-corrected chi connectivity index (χ3v) is 3.61. The average molecular weight is 192 g/mol. The van der Waals surface area contributed by atoms with Gasteiger partial charge < -0.3 is 0 Å². The SMILES string of the molecule is CC(C)(C)[NH][Ti][NH]C(C)(C)C. The van der Waals surface area contributed by atoms with Crippen LogP contribution in [0.4, 0.5) is 0 Å². The summed E-state index contributed by atoms with van der Waals surface area (Å²) in [4.78, 5) is 0. The van der Waals surface area contributed by atoms with E-state index in [0.717, 1.165) is 0 Å². The summed E-state index contributed by atoms with van der Waals surface area (Å²) < 4.78 is 6.98. The summed E-state index contributed by atoms with van der Waals surface area (Å²) in [6.45, 7) is 13.2. The van der Waals surface area contributed by atoms with Crippen molar-refractivity contribution in [2.75, 3.05) is 0 Å². The van der Waals surface area contributed by atoms with E-state index >= 15 is 0 Å². The molecule has 0 aromatic carbocycles. The van der Waals surface area contributed by atoms with Crippen LogP contribution in [0.25, 0.3) is 0 Å². The molecule has 0 rings (SSSR count). The Kier molecular flexibility index (Phi) is 4.27. The Balaban J connectivity index is 3.44. The van der Waals surface area contributed by atoms with Crippen molar-refractivity contribution in [3.05, 3.63) is 0 Å². The van der Waals surface area contributed by atoms with Crippen molar-refractivity contribution in [1.29, 1.82) is 0 Å². The van der Waals surface area contributed by atoms with E-state index < -0.39 is 0 Å². The molecule has 66 valence electrons. The average Bonchev–Trinajstić information content (AvgIpc) is 1.55. The van der Waals surface area contributed by atoms with E-state index in [0.29, 0.717) is 0 Å². The summed E-state index contributed by atoms with van der Waals surface area (Å²) in [5.74, 6) is 0. The number of rotatable bonds is 2. The van der Waals surface area contributed by atoms with Crippen LogP contribution in [0.3, 0.4) is 0 Å². The molecule has 0 radical (unpaired) electrons. The third kappa shape index (κ3) is 10.6. The van der Waals surface area contributed by atoms with Crippen molar-refractivity contribution in [2.45, 2.75) is 52.6 Å². The van der Waals surface area contributed by atoms with Crippen LogP contribution >= 0.6 is 0 Å². The molecule has 3 heteroatoms. The van der Waals surface area contributed by atoms with Gasteiger partial charge >= 0.3 is 79.9 Å². The zero-order valence-electron chi connectivity index (χ0n) is 8.50. The third-order valence-electron chi connectivity index (χ3n) is 0.875. The maximum atomic E-state index is 3.49. The van der Waals surface area contributed by atoms with Gasteiger partial charge in [0.1, 0.15) is 0 Å². The molecule has 0 saturated heterocycles. The van der Waals surface area contributed by atoms with Crippen molar-refractivity contribution in [3.63, 3.8) is 0 Å². The molecule has 0 unspecified atom stereocenters. The molecule has 11 heavy (non-hydrogen) atoms. The molecule has 0 aliphatic carbocycles. The zero-order valence-corrected chi connectivity index (χ0v) is 10.1. The van der Waals surface area contributed by atoms with Gasteiger partial charge in [-0.05, 0) is 0 Å². The number of hydrogen-bond acceptors (Lipinski definition) is 2. The molecule has 0 aliphatic rings. The van der Waals surface area contributed by atoms with Crippen LogP contribution in [0.2, 0.25) is 0 Å². The topological polar surface area (TPSA) is 24.1 Å². The first-order valence-electron chi connectivity index (χ1n) is 4.00. The molecular weight excluding hydrogens is 172 g/mol. The fourth-order valence-electron chi connectivity index (χ4n) is 0.406. The van der Waals surface area contributed by atoms with E-state index in [1.54, 1.807) is 0 Å². The van der Waals surface area contributed by atoms with Crippen LogP contribution in [-0.2, 0) is 19.7 Å². The van der Waals surface area contributed by atoms with Crippen molar-refractivity contribution >= 4 is 0 Å². The van der Waals surface area contributed by atoms with Gasteiger partial charge in [0.05, 0.1) is 0 Å². The standard InChI is InChI=1S/2C4H10N.Ti/c2*1-4(2,3)5;/h2*5H,1-3H3;/q2*-1;+2. The predicted octanol–water partition coefficient (Wildman–Crippen LogP) is 1.68. The van der Waals surface area contributed by atoms with E-state index in [2.05, 4.69) is 49.1 Å². The van der Waals surface area contributed by atoms with E-state index in [1.807, 2.05) is 0 Å². The fourth-order valence-corrected chi connectivity index (χ4v) is 1.68. The second kappa shape index (κ2) is 4.04. The van der Waals surface area contributed by atoms with E-state index in [9.17, 15) is 0 Å². The maximum absolute atomic E-state index is 3.49. The first kappa shape index (κ1) is 11.6. The summed E-state index contributed by atoms with van der Waals surface area (Å²) in [7, 11) is 0. The molecule has 2 N–H and O–H groups in total. The summed E-state index contributed by atoms with van der Waals surface area (Å²) in [5.41, 5.74) is 0.524. The number of nitrogens with one attached hydrogen (secondary N) is 2. The Labute approximate surface area is 80.1 Å². The summed E-state index contributed by atoms with van der Waals surface area (Å²) >= 11 is -0.181. The van der Waals surface area contributed by atoms with E-state index in [-0.39, 0.29) is 30.7 Å². The molecule has 0 amide bonds. The Morgan fingerprint density at radius 2 is 1.00 bits per heavy atom. The van der Waals surface area contributed by atoms with Crippen LogP contribution in [-0.4, -0.2) is 11.1 Å². The van der Waals surface area contributed by atoms with Crippen molar-refractivity contribution in [1.82, 2.24) is 7.60 Å².